The zero-order chi connectivity index (χ0) is 20.1. The van der Waals surface area contributed by atoms with Gasteiger partial charge >= 0.3 is 5.63 Å². The lowest BCUT2D eigenvalue weighted by molar-refractivity contribution is 0.0586. The number of para-hydroxylation sites is 3. The molecule has 0 fully saturated rings. The summed E-state index contributed by atoms with van der Waals surface area (Å²) in [5, 5.41) is 0.854. The van der Waals surface area contributed by atoms with Crippen LogP contribution in [-0.2, 0) is 0 Å². The fourth-order valence-electron chi connectivity index (χ4n) is 3.43. The molecule has 1 aliphatic rings. The molecule has 0 aliphatic carbocycles. The van der Waals surface area contributed by atoms with Crippen LogP contribution in [-0.4, -0.2) is 43.9 Å². The Balaban J connectivity index is 1.26. The van der Waals surface area contributed by atoms with Gasteiger partial charge in [-0.05, 0) is 37.2 Å². The van der Waals surface area contributed by atoms with Crippen molar-refractivity contribution in [2.45, 2.75) is 19.4 Å². The van der Waals surface area contributed by atoms with Crippen molar-refractivity contribution >= 4 is 11.0 Å². The maximum atomic E-state index is 12.0. The highest BCUT2D eigenvalue weighted by Crippen LogP contribution is 2.31. The first kappa shape index (κ1) is 19.3. The molecule has 6 heteroatoms. The topological polar surface area (TPSA) is 61.1 Å². The smallest absolute Gasteiger partial charge is 0.379 e. The third-order valence-corrected chi connectivity index (χ3v) is 4.96. The zero-order valence-corrected chi connectivity index (χ0v) is 16.5. The van der Waals surface area contributed by atoms with Gasteiger partial charge in [-0.3, -0.25) is 4.90 Å². The maximum absolute atomic E-state index is 12.0. The Hall–Kier alpha value is -2.99. The zero-order valence-electron chi connectivity index (χ0n) is 16.5. The summed E-state index contributed by atoms with van der Waals surface area (Å²) in [6.45, 7) is 5.64. The first-order valence-electron chi connectivity index (χ1n) is 9.99. The van der Waals surface area contributed by atoms with E-state index in [1.54, 1.807) is 12.1 Å². The monoisotopic (exact) mass is 395 g/mol. The van der Waals surface area contributed by atoms with Crippen molar-refractivity contribution < 1.29 is 18.6 Å². The summed E-state index contributed by atoms with van der Waals surface area (Å²) in [4.78, 5) is 14.3. The summed E-state index contributed by atoms with van der Waals surface area (Å²) in [7, 11) is 0. The molecule has 152 valence electrons. The predicted molar refractivity (Wildman–Crippen MR) is 111 cm³/mol. The first-order valence-corrected chi connectivity index (χ1v) is 9.99. The molecule has 0 saturated carbocycles. The van der Waals surface area contributed by atoms with Gasteiger partial charge in [-0.25, -0.2) is 4.79 Å². The Morgan fingerprint density at radius 1 is 1.10 bits per heavy atom. The molecule has 0 amide bonds. The number of likely N-dealkylation sites (N-methyl/N-ethyl adjacent to an activating group) is 1. The Kier molecular flexibility index (Phi) is 6.00. The van der Waals surface area contributed by atoms with Gasteiger partial charge in [0.15, 0.2) is 11.5 Å². The van der Waals surface area contributed by atoms with Crippen LogP contribution in [0.5, 0.6) is 17.2 Å². The largest absolute Gasteiger partial charge is 0.486 e. The Morgan fingerprint density at radius 3 is 2.76 bits per heavy atom. The second-order valence-corrected chi connectivity index (χ2v) is 7.03. The molecule has 1 aliphatic heterocycles. The van der Waals surface area contributed by atoms with Crippen molar-refractivity contribution in [3.63, 3.8) is 0 Å². The maximum Gasteiger partial charge on any atom is 0.379 e. The number of ether oxygens (including phenoxy) is 3. The van der Waals surface area contributed by atoms with Crippen molar-refractivity contribution in [3.8, 4) is 17.2 Å². The summed E-state index contributed by atoms with van der Waals surface area (Å²) in [6.07, 6.45) is 0.794. The molecule has 3 aromatic rings. The molecule has 1 aromatic heterocycles. The lowest BCUT2D eigenvalue weighted by Crippen LogP contribution is -2.41. The van der Waals surface area contributed by atoms with Crippen LogP contribution in [0, 0.1) is 0 Å². The highest BCUT2D eigenvalue weighted by molar-refractivity contribution is 5.77. The summed E-state index contributed by atoms with van der Waals surface area (Å²) in [5.74, 6) is 1.85. The normalized spacial score (nSPS) is 15.6. The van der Waals surface area contributed by atoms with E-state index >= 15 is 0 Å². The fourth-order valence-corrected chi connectivity index (χ4v) is 3.43. The summed E-state index contributed by atoms with van der Waals surface area (Å²) in [5.41, 5.74) is 0.126. The highest BCUT2D eigenvalue weighted by Gasteiger charge is 2.22. The van der Waals surface area contributed by atoms with Crippen molar-refractivity contribution in [1.29, 1.82) is 0 Å². The first-order chi connectivity index (χ1) is 14.2. The highest BCUT2D eigenvalue weighted by atomic mass is 16.6. The van der Waals surface area contributed by atoms with Gasteiger partial charge in [0.1, 0.15) is 18.3 Å². The molecule has 0 bridgehead atoms. The standard InChI is InChI=1S/C23H25NO5/c1-2-24(15-18-16-27-20-10-5-6-11-21(20)28-18)12-7-13-26-22-14-17-8-3-4-9-19(17)29-23(22)25/h3-6,8-11,14,18H,2,7,12-13,15-16H2,1H3. The molecule has 2 aromatic carbocycles. The van der Waals surface area contributed by atoms with Crippen LogP contribution < -0.4 is 19.8 Å². The molecule has 29 heavy (non-hydrogen) atoms. The second kappa shape index (κ2) is 9.01. The minimum Gasteiger partial charge on any atom is -0.486 e. The third kappa shape index (κ3) is 4.71. The van der Waals surface area contributed by atoms with Gasteiger partial charge < -0.3 is 18.6 Å². The molecule has 6 nitrogen and oxygen atoms in total. The molecule has 0 N–H and O–H groups in total. The van der Waals surface area contributed by atoms with Crippen molar-refractivity contribution in [2.75, 3.05) is 32.8 Å². The lowest BCUT2D eigenvalue weighted by atomic mass is 10.2. The fraction of sp³-hybridized carbons (Fsp3) is 0.348. The Morgan fingerprint density at radius 2 is 1.90 bits per heavy atom. The average Bonchev–Trinajstić information content (AvgIpc) is 2.76. The summed E-state index contributed by atoms with van der Waals surface area (Å²) < 4.78 is 22.8. The predicted octanol–water partition coefficient (Wildman–Crippen LogP) is 3.72. The molecule has 1 unspecified atom stereocenters. The van der Waals surface area contributed by atoms with Crippen molar-refractivity contribution in [1.82, 2.24) is 4.90 Å². The van der Waals surface area contributed by atoms with E-state index in [0.29, 0.717) is 18.8 Å². The van der Waals surface area contributed by atoms with Crippen molar-refractivity contribution in [2.24, 2.45) is 0 Å². The number of rotatable bonds is 8. The van der Waals surface area contributed by atoms with Crippen LogP contribution in [0.1, 0.15) is 13.3 Å². The summed E-state index contributed by atoms with van der Waals surface area (Å²) in [6, 6.07) is 16.9. The van der Waals surface area contributed by atoms with Gasteiger partial charge in [-0.2, -0.15) is 0 Å². The minimum atomic E-state index is -0.442. The van der Waals surface area contributed by atoms with Gasteiger partial charge in [0, 0.05) is 18.5 Å². The minimum absolute atomic E-state index is 0.00157. The van der Waals surface area contributed by atoms with E-state index in [4.69, 9.17) is 18.6 Å². The van der Waals surface area contributed by atoms with E-state index in [1.807, 2.05) is 42.5 Å². The second-order valence-electron chi connectivity index (χ2n) is 7.03. The van der Waals surface area contributed by atoms with E-state index in [0.717, 1.165) is 42.9 Å². The van der Waals surface area contributed by atoms with Crippen LogP contribution in [0.4, 0.5) is 0 Å². The molecule has 0 radical (unpaired) electrons. The number of nitrogens with zero attached hydrogens (tertiary/aromatic N) is 1. The third-order valence-electron chi connectivity index (χ3n) is 4.96. The number of hydrogen-bond acceptors (Lipinski definition) is 6. The van der Waals surface area contributed by atoms with Crippen molar-refractivity contribution in [3.05, 3.63) is 65.0 Å². The van der Waals surface area contributed by atoms with E-state index in [-0.39, 0.29) is 11.9 Å². The molecule has 0 spiro atoms. The Labute approximate surface area is 169 Å². The molecular formula is C23H25NO5. The summed E-state index contributed by atoms with van der Waals surface area (Å²) >= 11 is 0. The lowest BCUT2D eigenvalue weighted by Gasteiger charge is -2.30. The van der Waals surface area contributed by atoms with E-state index < -0.39 is 5.63 Å². The van der Waals surface area contributed by atoms with Gasteiger partial charge in [-0.15, -0.1) is 0 Å². The van der Waals surface area contributed by atoms with E-state index in [1.165, 1.54) is 0 Å². The van der Waals surface area contributed by atoms with Gasteiger partial charge in [0.25, 0.3) is 0 Å². The van der Waals surface area contributed by atoms with Crippen LogP contribution in [0.3, 0.4) is 0 Å². The van der Waals surface area contributed by atoms with E-state index in [2.05, 4.69) is 11.8 Å². The van der Waals surface area contributed by atoms with Crippen LogP contribution in [0.2, 0.25) is 0 Å². The SMILES string of the molecule is CCN(CCCOc1cc2ccccc2oc1=O)CC1COc2ccccc2O1. The Bertz CT molecular complexity index is 1020. The number of benzene rings is 2. The molecule has 0 saturated heterocycles. The van der Waals surface area contributed by atoms with Gasteiger partial charge in [0.05, 0.1) is 6.61 Å². The molecule has 2 heterocycles. The van der Waals surface area contributed by atoms with Gasteiger partial charge in [-0.1, -0.05) is 37.3 Å². The number of fused-ring (bicyclic) bond motifs is 2. The average molecular weight is 395 g/mol. The quantitative estimate of drug-likeness (QED) is 0.428. The molecule has 4 rings (SSSR count). The molecular weight excluding hydrogens is 370 g/mol. The molecule has 1 atom stereocenters. The van der Waals surface area contributed by atoms with Crippen LogP contribution >= 0.6 is 0 Å². The number of hydrogen-bond donors (Lipinski definition) is 0. The van der Waals surface area contributed by atoms with E-state index in [9.17, 15) is 4.79 Å². The van der Waals surface area contributed by atoms with Crippen LogP contribution in [0.25, 0.3) is 11.0 Å². The van der Waals surface area contributed by atoms with Crippen LogP contribution in [0.15, 0.2) is 63.8 Å². The van der Waals surface area contributed by atoms with Gasteiger partial charge in [0.2, 0.25) is 5.75 Å².